The number of nitrogens with zero attached hydrogens (tertiary/aromatic N) is 1. The van der Waals surface area contributed by atoms with Crippen molar-refractivity contribution in [2.45, 2.75) is 270 Å². The maximum absolute atomic E-state index is 12.8. The minimum absolute atomic E-state index is 0.147. The fourth-order valence-electron chi connectivity index (χ4n) is 8.07. The third-order valence-corrected chi connectivity index (χ3v) is 12.5. The molecule has 0 aliphatic heterocycles. The molecule has 0 saturated heterocycles. The number of allylic oxidation sites excluding steroid dienone is 8. The number of carboxylic acids is 1. The second-order valence-electron chi connectivity index (χ2n) is 20.6. The molecule has 0 heterocycles. The monoisotopic (exact) mass is 972 g/mol. The van der Waals surface area contributed by atoms with E-state index in [1.807, 2.05) is 21.1 Å². The van der Waals surface area contributed by atoms with Gasteiger partial charge in [0.15, 0.2) is 12.4 Å². The zero-order valence-electron chi connectivity index (χ0n) is 45.7. The zero-order chi connectivity index (χ0) is 50.6. The SMILES string of the molecule is CCCCCC/C=C\CCCCCCCC(=O)OCC(COC(OCC[N+](C)(C)C)C(=O)[O-])OC(=O)CCCCCCCCCCCCCCCCCC/C=C\C/C=C\C/C=C\CCCCCCC. The van der Waals surface area contributed by atoms with Gasteiger partial charge in [0.1, 0.15) is 13.2 Å². The van der Waals surface area contributed by atoms with Gasteiger partial charge in [-0.3, -0.25) is 9.59 Å². The maximum atomic E-state index is 12.8. The third kappa shape index (κ3) is 52.9. The molecule has 0 aromatic rings. The molecule has 0 bridgehead atoms. The Kier molecular flexibility index (Phi) is 49.5. The van der Waals surface area contributed by atoms with Gasteiger partial charge in [-0.05, 0) is 77.0 Å². The quantitative estimate of drug-likeness (QED) is 0.0195. The van der Waals surface area contributed by atoms with E-state index in [-0.39, 0.29) is 38.6 Å². The lowest BCUT2D eigenvalue weighted by Gasteiger charge is -2.26. The fourth-order valence-corrected chi connectivity index (χ4v) is 8.07. The van der Waals surface area contributed by atoms with E-state index in [9.17, 15) is 19.5 Å². The molecule has 0 radical (unpaired) electrons. The largest absolute Gasteiger partial charge is 0.545 e. The lowest BCUT2D eigenvalue weighted by atomic mass is 10.0. The Morgan fingerprint density at radius 2 is 0.783 bits per heavy atom. The number of aliphatic carboxylic acids is 1. The molecule has 2 unspecified atom stereocenters. The second kappa shape index (κ2) is 51.6. The summed E-state index contributed by atoms with van der Waals surface area (Å²) in [6, 6.07) is 0. The maximum Gasteiger partial charge on any atom is 0.306 e. The van der Waals surface area contributed by atoms with Gasteiger partial charge in [-0.2, -0.15) is 0 Å². The minimum Gasteiger partial charge on any atom is -0.545 e. The first kappa shape index (κ1) is 66.2. The molecule has 9 heteroatoms. The molecule has 2 atom stereocenters. The van der Waals surface area contributed by atoms with Crippen LogP contribution in [0.1, 0.15) is 258 Å². The van der Waals surface area contributed by atoms with E-state index in [0.717, 1.165) is 64.2 Å². The molecule has 0 saturated carbocycles. The number of carbonyl (C=O) groups excluding carboxylic acids is 3. The van der Waals surface area contributed by atoms with Gasteiger partial charge in [-0.15, -0.1) is 0 Å². The summed E-state index contributed by atoms with van der Waals surface area (Å²) in [5.74, 6) is -2.29. The van der Waals surface area contributed by atoms with Crippen molar-refractivity contribution in [1.82, 2.24) is 0 Å². The van der Waals surface area contributed by atoms with Crippen LogP contribution in [0.3, 0.4) is 0 Å². The predicted molar refractivity (Wildman–Crippen MR) is 288 cm³/mol. The molecule has 0 amide bonds. The van der Waals surface area contributed by atoms with Gasteiger partial charge >= 0.3 is 11.9 Å². The first-order valence-corrected chi connectivity index (χ1v) is 28.8. The van der Waals surface area contributed by atoms with Crippen LogP contribution in [0.15, 0.2) is 48.6 Å². The Bertz CT molecular complexity index is 1270. The number of quaternary nitrogens is 1. The van der Waals surface area contributed by atoms with Crippen molar-refractivity contribution >= 4 is 17.9 Å². The van der Waals surface area contributed by atoms with Crippen LogP contribution < -0.4 is 5.11 Å². The number of rotatable bonds is 53. The number of hydrogen-bond acceptors (Lipinski definition) is 8. The molecule has 69 heavy (non-hydrogen) atoms. The van der Waals surface area contributed by atoms with Crippen molar-refractivity contribution in [3.05, 3.63) is 48.6 Å². The lowest BCUT2D eigenvalue weighted by Crippen LogP contribution is -2.44. The summed E-state index contributed by atoms with van der Waals surface area (Å²) in [6.07, 6.45) is 60.2. The summed E-state index contributed by atoms with van der Waals surface area (Å²) < 4.78 is 22.6. The molecule has 0 N–H and O–H groups in total. The summed E-state index contributed by atoms with van der Waals surface area (Å²) in [7, 11) is 5.92. The van der Waals surface area contributed by atoms with Gasteiger partial charge in [-0.1, -0.05) is 217 Å². The summed E-state index contributed by atoms with van der Waals surface area (Å²) >= 11 is 0. The Labute approximate surface area is 425 Å². The highest BCUT2D eigenvalue weighted by molar-refractivity contribution is 5.70. The van der Waals surface area contributed by atoms with Crippen LogP contribution in [0.4, 0.5) is 0 Å². The van der Waals surface area contributed by atoms with Crippen LogP contribution >= 0.6 is 0 Å². The molecule has 0 fully saturated rings. The summed E-state index contributed by atoms with van der Waals surface area (Å²) in [5, 5.41) is 11.7. The zero-order valence-corrected chi connectivity index (χ0v) is 45.7. The van der Waals surface area contributed by atoms with E-state index in [1.165, 1.54) is 161 Å². The second-order valence-corrected chi connectivity index (χ2v) is 20.6. The fraction of sp³-hybridized carbons (Fsp3) is 0.817. The number of ether oxygens (including phenoxy) is 4. The van der Waals surface area contributed by atoms with Crippen molar-refractivity contribution in [3.63, 3.8) is 0 Å². The standard InChI is InChI=1S/C60H109NO8/c1-6-8-10-12-14-16-18-20-21-22-23-24-25-26-27-28-29-30-31-32-33-34-35-36-37-39-41-43-45-47-49-51-58(63)69-56(55-68-60(59(64)65)66-53-52-61(3,4)5)54-67-57(62)50-48-46-44-42-40-38-19-17-15-13-11-9-7-2/h17-20,22-23,25-26,56,60H,6-16,21,24,27-55H2,1-5H3/b19-17-,20-18-,23-22-,26-25-. The van der Waals surface area contributed by atoms with Crippen LogP contribution in [0, 0.1) is 0 Å². The highest BCUT2D eigenvalue weighted by Crippen LogP contribution is 2.16. The summed E-state index contributed by atoms with van der Waals surface area (Å²) in [4.78, 5) is 37.2. The van der Waals surface area contributed by atoms with E-state index in [0.29, 0.717) is 17.4 Å². The van der Waals surface area contributed by atoms with Gasteiger partial charge in [-0.25, -0.2) is 0 Å². The van der Waals surface area contributed by atoms with E-state index >= 15 is 0 Å². The molecular weight excluding hydrogens is 863 g/mol. The molecular formula is C60H109NO8. The van der Waals surface area contributed by atoms with E-state index in [2.05, 4.69) is 62.5 Å². The average molecular weight is 973 g/mol. The summed E-state index contributed by atoms with van der Waals surface area (Å²) in [6.45, 7) is 4.73. The molecule has 402 valence electrons. The molecule has 9 nitrogen and oxygen atoms in total. The molecule has 0 rings (SSSR count). The van der Waals surface area contributed by atoms with Gasteiger partial charge in [0.25, 0.3) is 0 Å². The van der Waals surface area contributed by atoms with Crippen LogP contribution in [0.2, 0.25) is 0 Å². The smallest absolute Gasteiger partial charge is 0.306 e. The normalized spacial score (nSPS) is 13.1. The first-order valence-electron chi connectivity index (χ1n) is 28.8. The number of esters is 2. The Morgan fingerprint density at radius 1 is 0.435 bits per heavy atom. The van der Waals surface area contributed by atoms with Crippen LogP contribution in [-0.2, 0) is 33.3 Å². The van der Waals surface area contributed by atoms with Gasteiger partial charge in [0, 0.05) is 12.8 Å². The van der Waals surface area contributed by atoms with Crippen LogP contribution in [-0.4, -0.2) is 82.3 Å². The van der Waals surface area contributed by atoms with Crippen molar-refractivity contribution in [2.75, 3.05) is 47.5 Å². The molecule has 0 aromatic carbocycles. The minimum atomic E-state index is -1.62. The number of likely N-dealkylation sites (N-methyl/N-ethyl adjacent to an activating group) is 1. The van der Waals surface area contributed by atoms with Gasteiger partial charge in [0.2, 0.25) is 0 Å². The highest BCUT2D eigenvalue weighted by Gasteiger charge is 2.22. The predicted octanol–water partition coefficient (Wildman–Crippen LogP) is 15.3. The van der Waals surface area contributed by atoms with Crippen molar-refractivity contribution in [3.8, 4) is 0 Å². The van der Waals surface area contributed by atoms with Crippen molar-refractivity contribution in [1.29, 1.82) is 0 Å². The number of unbranched alkanes of at least 4 members (excludes halogenated alkanes) is 30. The van der Waals surface area contributed by atoms with Gasteiger partial charge < -0.3 is 33.3 Å². The molecule has 0 aliphatic carbocycles. The van der Waals surface area contributed by atoms with Gasteiger partial charge in [0.05, 0.1) is 40.3 Å². The van der Waals surface area contributed by atoms with Crippen LogP contribution in [0.25, 0.3) is 0 Å². The van der Waals surface area contributed by atoms with E-state index in [4.69, 9.17) is 18.9 Å². The van der Waals surface area contributed by atoms with E-state index < -0.39 is 24.3 Å². The number of carboxylic acid groups (broad SMARTS) is 1. The first-order chi connectivity index (χ1) is 33.6. The molecule has 0 spiro atoms. The molecule has 0 aliphatic rings. The van der Waals surface area contributed by atoms with Crippen molar-refractivity contribution < 1.29 is 42.9 Å². The summed E-state index contributed by atoms with van der Waals surface area (Å²) in [5.41, 5.74) is 0. The Morgan fingerprint density at radius 3 is 1.19 bits per heavy atom. The van der Waals surface area contributed by atoms with Crippen LogP contribution in [0.5, 0.6) is 0 Å². The lowest BCUT2D eigenvalue weighted by molar-refractivity contribution is -0.870. The topological polar surface area (TPSA) is 111 Å². The van der Waals surface area contributed by atoms with E-state index in [1.54, 1.807) is 0 Å². The molecule has 0 aromatic heterocycles. The number of carbonyl (C=O) groups is 3. The number of hydrogen-bond donors (Lipinski definition) is 0. The third-order valence-electron chi connectivity index (χ3n) is 12.5. The van der Waals surface area contributed by atoms with Crippen molar-refractivity contribution in [2.24, 2.45) is 0 Å². The Balaban J connectivity index is 4.12. The average Bonchev–Trinajstić information content (AvgIpc) is 3.31. The Hall–Kier alpha value is -2.75. The highest BCUT2D eigenvalue weighted by atomic mass is 16.7.